The first-order chi connectivity index (χ1) is 10.2. The lowest BCUT2D eigenvalue weighted by Crippen LogP contribution is -2.44. The molecule has 2 fully saturated rings. The Hall–Kier alpha value is -0.850. The lowest BCUT2D eigenvalue weighted by Gasteiger charge is -2.42. The number of thioether (sulfide) groups is 1. The fourth-order valence-electron chi connectivity index (χ4n) is 3.31. The standard InChI is InChI=1S/C15H23N3O2S/c16-4-5-18-10-13(17-11-18)14(19)12-1-6-20-15(9-12)2-7-21-8-3-15/h10-12H,1-9,16H2. The first kappa shape index (κ1) is 15.1. The number of hydrogen-bond acceptors (Lipinski definition) is 5. The van der Waals surface area contributed by atoms with Crippen molar-refractivity contribution >= 4 is 17.5 Å². The molecule has 0 radical (unpaired) electrons. The van der Waals surface area contributed by atoms with Gasteiger partial charge in [0, 0.05) is 31.8 Å². The molecule has 0 amide bonds. The summed E-state index contributed by atoms with van der Waals surface area (Å²) in [5.74, 6) is 2.52. The fraction of sp³-hybridized carbons (Fsp3) is 0.733. The molecule has 0 saturated carbocycles. The summed E-state index contributed by atoms with van der Waals surface area (Å²) in [5.41, 5.74) is 6.06. The molecule has 1 unspecified atom stereocenters. The van der Waals surface area contributed by atoms with Crippen LogP contribution in [0.3, 0.4) is 0 Å². The number of aromatic nitrogens is 2. The van der Waals surface area contributed by atoms with Gasteiger partial charge in [-0.1, -0.05) is 0 Å². The molecule has 1 aromatic heterocycles. The molecule has 2 N–H and O–H groups in total. The smallest absolute Gasteiger partial charge is 0.186 e. The van der Waals surface area contributed by atoms with Crippen LogP contribution in [0.5, 0.6) is 0 Å². The predicted octanol–water partition coefficient (Wildman–Crippen LogP) is 1.72. The van der Waals surface area contributed by atoms with Gasteiger partial charge in [-0.25, -0.2) is 4.98 Å². The molecule has 5 nitrogen and oxygen atoms in total. The number of carbonyl (C=O) groups excluding carboxylic acids is 1. The molecule has 1 spiro atoms. The highest BCUT2D eigenvalue weighted by molar-refractivity contribution is 7.99. The third-order valence-corrected chi connectivity index (χ3v) is 5.53. The third kappa shape index (κ3) is 3.33. The van der Waals surface area contributed by atoms with Gasteiger partial charge in [-0.3, -0.25) is 4.79 Å². The Morgan fingerprint density at radius 2 is 2.33 bits per heavy atom. The van der Waals surface area contributed by atoms with Crippen LogP contribution in [0, 0.1) is 5.92 Å². The van der Waals surface area contributed by atoms with Crippen LogP contribution >= 0.6 is 11.8 Å². The van der Waals surface area contributed by atoms with E-state index in [2.05, 4.69) is 4.98 Å². The Labute approximate surface area is 129 Å². The normalized spacial score (nSPS) is 25.1. The lowest BCUT2D eigenvalue weighted by atomic mass is 9.79. The summed E-state index contributed by atoms with van der Waals surface area (Å²) in [6.45, 7) is 1.96. The zero-order chi connectivity index (χ0) is 14.7. The van der Waals surface area contributed by atoms with Gasteiger partial charge < -0.3 is 15.0 Å². The molecule has 6 heteroatoms. The molecule has 116 valence electrons. The summed E-state index contributed by atoms with van der Waals surface area (Å²) in [6.07, 6.45) is 7.35. The Morgan fingerprint density at radius 1 is 1.52 bits per heavy atom. The van der Waals surface area contributed by atoms with Crippen molar-refractivity contribution in [2.75, 3.05) is 24.7 Å². The number of ketones is 1. The van der Waals surface area contributed by atoms with Gasteiger partial charge in [0.25, 0.3) is 0 Å². The van der Waals surface area contributed by atoms with Crippen molar-refractivity contribution < 1.29 is 9.53 Å². The Balaban J connectivity index is 1.68. The molecule has 0 bridgehead atoms. The van der Waals surface area contributed by atoms with E-state index in [0.717, 1.165) is 37.2 Å². The van der Waals surface area contributed by atoms with E-state index in [1.54, 1.807) is 6.33 Å². The van der Waals surface area contributed by atoms with Crippen molar-refractivity contribution in [3.8, 4) is 0 Å². The Kier molecular flexibility index (Phi) is 4.66. The molecule has 0 aliphatic carbocycles. The van der Waals surface area contributed by atoms with Crippen molar-refractivity contribution in [1.29, 1.82) is 0 Å². The van der Waals surface area contributed by atoms with Crippen LogP contribution in [0.25, 0.3) is 0 Å². The average Bonchev–Trinajstić information content (AvgIpc) is 2.96. The molecule has 2 aliphatic rings. The zero-order valence-electron chi connectivity index (χ0n) is 12.3. The Morgan fingerprint density at radius 3 is 3.10 bits per heavy atom. The number of hydrogen-bond donors (Lipinski definition) is 1. The van der Waals surface area contributed by atoms with Crippen molar-refractivity contribution in [2.24, 2.45) is 11.7 Å². The summed E-state index contributed by atoms with van der Waals surface area (Å²) in [6, 6.07) is 0. The molecule has 0 aromatic carbocycles. The van der Waals surface area contributed by atoms with Gasteiger partial charge >= 0.3 is 0 Å². The van der Waals surface area contributed by atoms with E-state index in [-0.39, 0.29) is 17.3 Å². The van der Waals surface area contributed by atoms with Gasteiger partial charge in [0.1, 0.15) is 5.69 Å². The minimum absolute atomic E-state index is 0.0519. The second-order valence-corrected chi connectivity index (χ2v) is 7.21. The van der Waals surface area contributed by atoms with Gasteiger partial charge in [-0.05, 0) is 37.2 Å². The number of ether oxygens (including phenoxy) is 1. The first-order valence-electron chi connectivity index (χ1n) is 7.70. The van der Waals surface area contributed by atoms with Crippen molar-refractivity contribution in [3.63, 3.8) is 0 Å². The van der Waals surface area contributed by atoms with Gasteiger partial charge in [-0.15, -0.1) is 0 Å². The van der Waals surface area contributed by atoms with Crippen molar-refractivity contribution in [3.05, 3.63) is 18.2 Å². The maximum absolute atomic E-state index is 12.7. The first-order valence-corrected chi connectivity index (χ1v) is 8.86. The summed E-state index contributed by atoms with van der Waals surface area (Å²) in [7, 11) is 0. The van der Waals surface area contributed by atoms with Gasteiger partial charge in [0.15, 0.2) is 5.78 Å². The average molecular weight is 309 g/mol. The molecule has 1 aromatic rings. The number of nitrogens with two attached hydrogens (primary N) is 1. The third-order valence-electron chi connectivity index (χ3n) is 4.54. The van der Waals surface area contributed by atoms with Crippen LogP contribution in [0.4, 0.5) is 0 Å². The molecule has 2 aliphatic heterocycles. The van der Waals surface area contributed by atoms with Gasteiger partial charge in [0.2, 0.25) is 0 Å². The minimum atomic E-state index is -0.0519. The minimum Gasteiger partial charge on any atom is -0.375 e. The maximum Gasteiger partial charge on any atom is 0.186 e. The largest absolute Gasteiger partial charge is 0.375 e. The highest BCUT2D eigenvalue weighted by Gasteiger charge is 2.41. The number of carbonyl (C=O) groups is 1. The summed E-state index contributed by atoms with van der Waals surface area (Å²) >= 11 is 1.98. The van der Waals surface area contributed by atoms with Gasteiger partial charge in [-0.2, -0.15) is 11.8 Å². The predicted molar refractivity (Wildman–Crippen MR) is 83.6 cm³/mol. The summed E-state index contributed by atoms with van der Waals surface area (Å²) < 4.78 is 7.95. The van der Waals surface area contributed by atoms with Crippen LogP contribution in [-0.2, 0) is 11.3 Å². The van der Waals surface area contributed by atoms with Crippen LogP contribution in [0.1, 0.15) is 36.2 Å². The van der Waals surface area contributed by atoms with E-state index in [1.165, 1.54) is 0 Å². The van der Waals surface area contributed by atoms with Crippen molar-refractivity contribution in [1.82, 2.24) is 9.55 Å². The number of rotatable bonds is 4. The van der Waals surface area contributed by atoms with Gasteiger partial charge in [0.05, 0.1) is 11.9 Å². The van der Waals surface area contributed by atoms with E-state index < -0.39 is 0 Å². The molecule has 3 rings (SSSR count). The molecular formula is C15H23N3O2S. The second kappa shape index (κ2) is 6.50. The topological polar surface area (TPSA) is 70.1 Å². The van der Waals surface area contributed by atoms with E-state index in [9.17, 15) is 4.79 Å². The molecule has 3 heterocycles. The quantitative estimate of drug-likeness (QED) is 0.858. The van der Waals surface area contributed by atoms with E-state index in [0.29, 0.717) is 25.4 Å². The second-order valence-electron chi connectivity index (χ2n) is 5.98. The highest BCUT2D eigenvalue weighted by atomic mass is 32.2. The zero-order valence-corrected chi connectivity index (χ0v) is 13.1. The molecule has 1 atom stereocenters. The van der Waals surface area contributed by atoms with E-state index >= 15 is 0 Å². The van der Waals surface area contributed by atoms with E-state index in [1.807, 2.05) is 22.5 Å². The summed E-state index contributed by atoms with van der Waals surface area (Å²) in [4.78, 5) is 16.9. The van der Waals surface area contributed by atoms with Crippen LogP contribution in [0.2, 0.25) is 0 Å². The number of nitrogens with zero attached hydrogens (tertiary/aromatic N) is 2. The molecule has 21 heavy (non-hydrogen) atoms. The number of imidazole rings is 1. The van der Waals surface area contributed by atoms with Crippen LogP contribution in [-0.4, -0.2) is 45.6 Å². The number of Topliss-reactive ketones (excluding diaryl/α,β-unsaturated/α-hetero) is 1. The fourth-order valence-corrected chi connectivity index (χ4v) is 4.55. The monoisotopic (exact) mass is 309 g/mol. The van der Waals surface area contributed by atoms with Crippen molar-refractivity contribution in [2.45, 2.75) is 37.8 Å². The van der Waals surface area contributed by atoms with E-state index in [4.69, 9.17) is 10.5 Å². The molecular weight excluding hydrogens is 286 g/mol. The van der Waals surface area contributed by atoms with Crippen LogP contribution in [0.15, 0.2) is 12.5 Å². The Bertz CT molecular complexity index is 491. The summed E-state index contributed by atoms with van der Waals surface area (Å²) in [5, 5.41) is 0. The van der Waals surface area contributed by atoms with Crippen LogP contribution < -0.4 is 5.73 Å². The SMILES string of the molecule is NCCn1cnc(C(=O)C2CCOC3(CCSCC3)C2)c1. The highest BCUT2D eigenvalue weighted by Crippen LogP contribution is 2.40. The molecule has 2 saturated heterocycles. The maximum atomic E-state index is 12.7. The lowest BCUT2D eigenvalue weighted by molar-refractivity contribution is -0.0960.